The number of aromatic nitrogens is 2. The van der Waals surface area contributed by atoms with Gasteiger partial charge in [0, 0.05) is 29.4 Å². The molecule has 0 N–H and O–H groups in total. The van der Waals surface area contributed by atoms with E-state index in [0.717, 1.165) is 17.0 Å². The van der Waals surface area contributed by atoms with E-state index in [4.69, 9.17) is 0 Å². The first-order valence-corrected chi connectivity index (χ1v) is 9.65. The monoisotopic (exact) mass is 337 g/mol. The molecule has 0 saturated heterocycles. The fourth-order valence-electron chi connectivity index (χ4n) is 2.49. The van der Waals surface area contributed by atoms with Crippen LogP contribution in [0.1, 0.15) is 20.3 Å². The van der Waals surface area contributed by atoms with Gasteiger partial charge in [0.05, 0.1) is 11.9 Å². The predicted octanol–water partition coefficient (Wildman–Crippen LogP) is 2.98. The molecule has 1 aromatic heterocycles. The van der Waals surface area contributed by atoms with E-state index in [9.17, 15) is 8.42 Å². The summed E-state index contributed by atoms with van der Waals surface area (Å²) >= 11 is 1.73. The van der Waals surface area contributed by atoms with Gasteiger partial charge in [-0.25, -0.2) is 8.42 Å². The Kier molecular flexibility index (Phi) is 4.18. The number of benzene rings is 1. The second-order valence-corrected chi connectivity index (χ2v) is 8.64. The lowest BCUT2D eigenvalue weighted by Gasteiger charge is -2.23. The van der Waals surface area contributed by atoms with Crippen molar-refractivity contribution in [2.45, 2.75) is 41.9 Å². The van der Waals surface area contributed by atoms with Crippen LogP contribution in [0.15, 0.2) is 46.5 Å². The van der Waals surface area contributed by atoms with Gasteiger partial charge in [-0.3, -0.25) is 8.99 Å². The Morgan fingerprint density at radius 3 is 2.86 bits per heavy atom. The van der Waals surface area contributed by atoms with E-state index in [1.165, 1.54) is 10.5 Å². The van der Waals surface area contributed by atoms with Crippen LogP contribution in [-0.2, 0) is 16.6 Å². The van der Waals surface area contributed by atoms with Crippen LogP contribution >= 0.6 is 11.8 Å². The van der Waals surface area contributed by atoms with Crippen LogP contribution in [0.5, 0.6) is 0 Å². The van der Waals surface area contributed by atoms with Crippen LogP contribution in [0.3, 0.4) is 0 Å². The molecule has 118 valence electrons. The Morgan fingerprint density at radius 2 is 2.14 bits per heavy atom. The molecule has 1 aliphatic rings. The van der Waals surface area contributed by atoms with Crippen molar-refractivity contribution < 1.29 is 8.42 Å². The first-order chi connectivity index (χ1) is 10.5. The van der Waals surface area contributed by atoms with Crippen LogP contribution in [-0.4, -0.2) is 30.0 Å². The third kappa shape index (κ3) is 2.75. The topological polar surface area (TPSA) is 55.2 Å². The summed E-state index contributed by atoms with van der Waals surface area (Å²) in [6.07, 6.45) is 3.85. The van der Waals surface area contributed by atoms with Crippen molar-refractivity contribution in [1.29, 1.82) is 0 Å². The van der Waals surface area contributed by atoms with Gasteiger partial charge in [0.2, 0.25) is 0 Å². The third-order valence-electron chi connectivity index (χ3n) is 3.72. The normalized spacial score (nSPS) is 18.8. The number of thioether (sulfide) groups is 1. The van der Waals surface area contributed by atoms with Crippen molar-refractivity contribution in [2.24, 2.45) is 0 Å². The molecule has 0 spiro atoms. The number of fused-ring (bicyclic) bond motifs is 1. The quantitative estimate of drug-likeness (QED) is 0.864. The largest absolute Gasteiger partial charge is 0.272 e. The molecule has 2 heterocycles. The predicted molar refractivity (Wildman–Crippen MR) is 88.8 cm³/mol. The fourth-order valence-corrected chi connectivity index (χ4v) is 5.11. The lowest BCUT2D eigenvalue weighted by molar-refractivity contribution is 0.588. The Bertz CT molecular complexity index is 771. The number of hydrogen-bond donors (Lipinski definition) is 0. The summed E-state index contributed by atoms with van der Waals surface area (Å²) in [5.41, 5.74) is 0.765. The van der Waals surface area contributed by atoms with Gasteiger partial charge in [-0.1, -0.05) is 19.1 Å². The maximum atomic E-state index is 13.0. The number of nitrogens with zero attached hydrogens (tertiary/aromatic N) is 3. The summed E-state index contributed by atoms with van der Waals surface area (Å²) in [4.78, 5) is 1.27. The Hall–Kier alpha value is -1.47. The molecule has 7 heteroatoms. The Labute approximate surface area is 135 Å². The zero-order chi connectivity index (χ0) is 15.7. The molecular weight excluding hydrogens is 318 g/mol. The molecule has 0 saturated carbocycles. The van der Waals surface area contributed by atoms with E-state index < -0.39 is 10.0 Å². The zero-order valence-electron chi connectivity index (χ0n) is 12.6. The number of anilines is 1. The molecule has 2 aromatic rings. The van der Waals surface area contributed by atoms with Crippen molar-refractivity contribution in [3.8, 4) is 0 Å². The molecule has 5 nitrogen and oxygen atoms in total. The molecule has 0 aliphatic carbocycles. The molecule has 1 aromatic carbocycles. The highest BCUT2D eigenvalue weighted by Crippen LogP contribution is 2.39. The van der Waals surface area contributed by atoms with Gasteiger partial charge in [-0.15, -0.1) is 11.8 Å². The average Bonchev–Trinajstić information content (AvgIpc) is 2.92. The van der Waals surface area contributed by atoms with E-state index in [1.54, 1.807) is 22.6 Å². The summed E-state index contributed by atoms with van der Waals surface area (Å²) in [5.74, 6) is 0. The molecule has 1 unspecified atom stereocenters. The van der Waals surface area contributed by atoms with Crippen molar-refractivity contribution in [2.75, 3.05) is 10.8 Å². The van der Waals surface area contributed by atoms with Gasteiger partial charge in [0.25, 0.3) is 10.0 Å². The van der Waals surface area contributed by atoms with Gasteiger partial charge in [0.15, 0.2) is 0 Å². The lowest BCUT2D eigenvalue weighted by atomic mass is 10.3. The highest BCUT2D eigenvalue weighted by molar-refractivity contribution is 8.00. The molecule has 0 radical (unpaired) electrons. The van der Waals surface area contributed by atoms with Crippen molar-refractivity contribution in [1.82, 2.24) is 9.78 Å². The summed E-state index contributed by atoms with van der Waals surface area (Å²) in [7, 11) is -3.57. The SMILES string of the molecule is CCn1cc(S(=O)(=O)N2CCC(C)Sc3ccccc32)cn1. The first kappa shape index (κ1) is 15.4. The standard InChI is InChI=1S/C15H19N3O2S2/c1-3-17-11-13(10-16-17)22(19,20)18-9-8-12(2)21-15-7-5-4-6-14(15)18/h4-7,10-12H,3,8-9H2,1-2H3. The fraction of sp³-hybridized carbons (Fsp3) is 0.400. The minimum Gasteiger partial charge on any atom is -0.272 e. The smallest absolute Gasteiger partial charge is 0.267 e. The van der Waals surface area contributed by atoms with Gasteiger partial charge in [-0.2, -0.15) is 5.10 Å². The second kappa shape index (κ2) is 5.96. The van der Waals surface area contributed by atoms with Gasteiger partial charge >= 0.3 is 0 Å². The van der Waals surface area contributed by atoms with Crippen LogP contribution in [0.25, 0.3) is 0 Å². The van der Waals surface area contributed by atoms with E-state index in [1.807, 2.05) is 31.2 Å². The number of aryl methyl sites for hydroxylation is 1. The second-order valence-electron chi connectivity index (χ2n) is 5.29. The molecule has 0 fully saturated rings. The molecule has 0 amide bonds. The summed E-state index contributed by atoms with van der Waals surface area (Å²) in [5, 5.41) is 4.48. The van der Waals surface area contributed by atoms with Crippen LogP contribution in [0.2, 0.25) is 0 Å². The Balaban J connectivity index is 2.06. The minimum atomic E-state index is -3.57. The third-order valence-corrected chi connectivity index (χ3v) is 6.73. The summed E-state index contributed by atoms with van der Waals surface area (Å²) in [6.45, 7) is 5.21. The molecule has 22 heavy (non-hydrogen) atoms. The number of sulfonamides is 1. The number of rotatable bonds is 3. The molecule has 1 aliphatic heterocycles. The molecule has 3 rings (SSSR count). The van der Waals surface area contributed by atoms with Gasteiger partial charge in [-0.05, 0) is 25.5 Å². The van der Waals surface area contributed by atoms with Gasteiger partial charge < -0.3 is 0 Å². The highest BCUT2D eigenvalue weighted by atomic mass is 32.2. The van der Waals surface area contributed by atoms with Crippen molar-refractivity contribution in [3.05, 3.63) is 36.7 Å². The van der Waals surface area contributed by atoms with Crippen molar-refractivity contribution in [3.63, 3.8) is 0 Å². The van der Waals surface area contributed by atoms with E-state index in [2.05, 4.69) is 12.0 Å². The van der Waals surface area contributed by atoms with Crippen LogP contribution < -0.4 is 4.31 Å². The lowest BCUT2D eigenvalue weighted by Crippen LogP contribution is -2.32. The van der Waals surface area contributed by atoms with Gasteiger partial charge in [0.1, 0.15) is 4.90 Å². The summed E-state index contributed by atoms with van der Waals surface area (Å²) in [6, 6.07) is 7.69. The van der Waals surface area contributed by atoms with Crippen LogP contribution in [0, 0.1) is 0 Å². The average molecular weight is 337 g/mol. The molecular formula is C15H19N3O2S2. The molecule has 0 bridgehead atoms. The highest BCUT2D eigenvalue weighted by Gasteiger charge is 2.30. The zero-order valence-corrected chi connectivity index (χ0v) is 14.3. The first-order valence-electron chi connectivity index (χ1n) is 7.33. The minimum absolute atomic E-state index is 0.253. The summed E-state index contributed by atoms with van der Waals surface area (Å²) < 4.78 is 29.2. The van der Waals surface area contributed by atoms with E-state index >= 15 is 0 Å². The maximum Gasteiger partial charge on any atom is 0.267 e. The van der Waals surface area contributed by atoms with Crippen molar-refractivity contribution >= 4 is 27.5 Å². The van der Waals surface area contributed by atoms with E-state index in [-0.39, 0.29) is 4.90 Å². The van der Waals surface area contributed by atoms with Crippen LogP contribution in [0.4, 0.5) is 5.69 Å². The number of para-hydroxylation sites is 1. The Morgan fingerprint density at radius 1 is 1.36 bits per heavy atom. The van der Waals surface area contributed by atoms with E-state index in [0.29, 0.717) is 18.3 Å². The molecule has 1 atom stereocenters. The number of hydrogen-bond acceptors (Lipinski definition) is 4. The maximum absolute atomic E-state index is 13.0.